The molecular weight excluding hydrogens is 256 g/mol. The number of benzene rings is 1. The van der Waals surface area contributed by atoms with Crippen LogP contribution in [-0.4, -0.2) is 16.1 Å². The predicted octanol–water partition coefficient (Wildman–Crippen LogP) is 1.85. The van der Waals surface area contributed by atoms with Gasteiger partial charge in [0.25, 0.3) is 0 Å². The van der Waals surface area contributed by atoms with Gasteiger partial charge in [0.1, 0.15) is 5.82 Å². The van der Waals surface area contributed by atoms with Crippen molar-refractivity contribution in [2.45, 2.75) is 6.54 Å². The van der Waals surface area contributed by atoms with E-state index in [9.17, 15) is 4.79 Å². The first-order valence-electron chi connectivity index (χ1n) is 5.82. The normalized spacial score (nSPS) is 9.75. The molecule has 100 valence electrons. The number of rotatable bonds is 4. The maximum absolute atomic E-state index is 11.0. The maximum Gasteiger partial charge on any atom is 0.337 e. The summed E-state index contributed by atoms with van der Waals surface area (Å²) < 4.78 is 0. The Morgan fingerprint density at radius 3 is 2.70 bits per heavy atom. The molecule has 1 aromatic carbocycles. The highest BCUT2D eigenvalue weighted by Gasteiger charge is 2.09. The number of nitrogens with one attached hydrogen (secondary N) is 1. The fraction of sp³-hybridized carbons (Fsp3) is 0.0714. The number of aromatic carboxylic acids is 1. The van der Waals surface area contributed by atoms with Crippen LogP contribution in [0.5, 0.6) is 0 Å². The van der Waals surface area contributed by atoms with Gasteiger partial charge in [0, 0.05) is 6.54 Å². The minimum absolute atomic E-state index is 0.0160. The Balaban J connectivity index is 2.09. The van der Waals surface area contributed by atoms with E-state index in [2.05, 4.69) is 10.3 Å². The lowest BCUT2D eigenvalue weighted by Gasteiger charge is -2.07. The monoisotopic (exact) mass is 268 g/mol. The van der Waals surface area contributed by atoms with Gasteiger partial charge in [0.05, 0.1) is 29.1 Å². The predicted molar refractivity (Wildman–Crippen MR) is 74.1 cm³/mol. The number of nitriles is 1. The Bertz CT molecular complexity index is 675. The first-order valence-corrected chi connectivity index (χ1v) is 5.82. The number of carboxylic acid groups (broad SMARTS) is 1. The largest absolute Gasteiger partial charge is 0.478 e. The number of hydrogen-bond acceptors (Lipinski definition) is 5. The van der Waals surface area contributed by atoms with E-state index >= 15 is 0 Å². The molecule has 6 nitrogen and oxygen atoms in total. The van der Waals surface area contributed by atoms with Crippen molar-refractivity contribution in [3.63, 3.8) is 0 Å². The van der Waals surface area contributed by atoms with Crippen LogP contribution in [0.1, 0.15) is 21.5 Å². The van der Waals surface area contributed by atoms with Crippen LogP contribution in [0.4, 0.5) is 11.5 Å². The van der Waals surface area contributed by atoms with E-state index in [0.29, 0.717) is 17.9 Å². The molecule has 0 saturated carbocycles. The zero-order valence-corrected chi connectivity index (χ0v) is 10.5. The summed E-state index contributed by atoms with van der Waals surface area (Å²) in [5, 5.41) is 20.7. The first kappa shape index (κ1) is 13.4. The van der Waals surface area contributed by atoms with Crippen LogP contribution >= 0.6 is 0 Å². The lowest BCUT2D eigenvalue weighted by molar-refractivity contribution is 0.0698. The fourth-order valence-electron chi connectivity index (χ4n) is 1.64. The van der Waals surface area contributed by atoms with E-state index < -0.39 is 5.97 Å². The molecule has 2 aromatic rings. The van der Waals surface area contributed by atoms with Crippen molar-refractivity contribution < 1.29 is 9.90 Å². The maximum atomic E-state index is 11.0. The van der Waals surface area contributed by atoms with Crippen LogP contribution in [0.2, 0.25) is 0 Å². The fourth-order valence-corrected chi connectivity index (χ4v) is 1.64. The minimum atomic E-state index is -1.09. The molecule has 0 saturated heterocycles. The van der Waals surface area contributed by atoms with Gasteiger partial charge in [0.2, 0.25) is 0 Å². The molecule has 1 aromatic heterocycles. The van der Waals surface area contributed by atoms with Crippen molar-refractivity contribution >= 4 is 17.5 Å². The molecule has 0 aliphatic carbocycles. The molecular formula is C14H12N4O2. The van der Waals surface area contributed by atoms with Crippen LogP contribution in [0.25, 0.3) is 0 Å². The van der Waals surface area contributed by atoms with Gasteiger partial charge in [0.15, 0.2) is 0 Å². The first-order chi connectivity index (χ1) is 9.60. The SMILES string of the molecule is N#Cc1ccc(CNc2cc(C(=O)O)c(N)cn2)cc1. The smallest absolute Gasteiger partial charge is 0.337 e. The number of carboxylic acids is 1. The van der Waals surface area contributed by atoms with Crippen LogP contribution in [0.3, 0.4) is 0 Å². The van der Waals surface area contributed by atoms with Gasteiger partial charge in [-0.15, -0.1) is 0 Å². The molecule has 6 heteroatoms. The van der Waals surface area contributed by atoms with Gasteiger partial charge in [-0.1, -0.05) is 12.1 Å². The summed E-state index contributed by atoms with van der Waals surface area (Å²) in [7, 11) is 0. The molecule has 0 amide bonds. The third-order valence-electron chi connectivity index (χ3n) is 2.72. The molecule has 4 N–H and O–H groups in total. The topological polar surface area (TPSA) is 112 Å². The second kappa shape index (κ2) is 5.71. The average Bonchev–Trinajstić information content (AvgIpc) is 2.46. The van der Waals surface area contributed by atoms with Gasteiger partial charge >= 0.3 is 5.97 Å². The number of aromatic nitrogens is 1. The van der Waals surface area contributed by atoms with E-state index in [4.69, 9.17) is 16.1 Å². The van der Waals surface area contributed by atoms with Crippen LogP contribution < -0.4 is 11.1 Å². The number of hydrogen-bond donors (Lipinski definition) is 3. The Morgan fingerprint density at radius 1 is 1.40 bits per heavy atom. The second-order valence-electron chi connectivity index (χ2n) is 4.12. The molecule has 2 rings (SSSR count). The molecule has 0 radical (unpaired) electrons. The van der Waals surface area contributed by atoms with E-state index in [1.807, 2.05) is 18.2 Å². The Kier molecular flexibility index (Phi) is 3.82. The highest BCUT2D eigenvalue weighted by atomic mass is 16.4. The zero-order valence-electron chi connectivity index (χ0n) is 10.5. The highest BCUT2D eigenvalue weighted by molar-refractivity contribution is 5.94. The van der Waals surface area contributed by atoms with Gasteiger partial charge in [-0.3, -0.25) is 0 Å². The third-order valence-corrected chi connectivity index (χ3v) is 2.72. The van der Waals surface area contributed by atoms with Crippen LogP contribution in [0, 0.1) is 11.3 Å². The molecule has 0 atom stereocenters. The van der Waals surface area contributed by atoms with E-state index in [1.165, 1.54) is 12.3 Å². The average molecular weight is 268 g/mol. The van der Waals surface area contributed by atoms with Crippen molar-refractivity contribution in [3.05, 3.63) is 53.2 Å². The Labute approximate surface area is 115 Å². The summed E-state index contributed by atoms with van der Waals surface area (Å²) >= 11 is 0. The van der Waals surface area contributed by atoms with Crippen molar-refractivity contribution in [3.8, 4) is 6.07 Å². The number of anilines is 2. The highest BCUT2D eigenvalue weighted by Crippen LogP contribution is 2.15. The number of pyridine rings is 1. The van der Waals surface area contributed by atoms with E-state index in [0.717, 1.165) is 5.56 Å². The van der Waals surface area contributed by atoms with E-state index in [1.54, 1.807) is 12.1 Å². The minimum Gasteiger partial charge on any atom is -0.478 e. The summed E-state index contributed by atoms with van der Waals surface area (Å²) in [5.41, 5.74) is 7.22. The van der Waals surface area contributed by atoms with Gasteiger partial charge in [-0.2, -0.15) is 5.26 Å². The molecule has 0 spiro atoms. The van der Waals surface area contributed by atoms with Crippen molar-refractivity contribution in [1.82, 2.24) is 4.98 Å². The molecule has 1 heterocycles. The zero-order chi connectivity index (χ0) is 14.5. The van der Waals surface area contributed by atoms with Crippen LogP contribution in [-0.2, 0) is 6.54 Å². The molecule has 0 fully saturated rings. The summed E-state index contributed by atoms with van der Waals surface area (Å²) in [6.45, 7) is 0.474. The number of nitrogen functional groups attached to an aromatic ring is 1. The summed E-state index contributed by atoms with van der Waals surface area (Å²) in [5.74, 6) is -0.660. The van der Waals surface area contributed by atoms with Gasteiger partial charge in [-0.25, -0.2) is 9.78 Å². The summed E-state index contributed by atoms with van der Waals surface area (Å²) in [6.07, 6.45) is 1.31. The standard InChI is InChI=1S/C14H12N4O2/c15-6-9-1-3-10(4-2-9)7-17-13-5-11(14(19)20)12(16)8-18-13/h1-5,8H,7,16H2,(H,17,18)(H,19,20). The van der Waals surface area contributed by atoms with Crippen molar-refractivity contribution in [1.29, 1.82) is 5.26 Å². The van der Waals surface area contributed by atoms with E-state index in [-0.39, 0.29) is 11.3 Å². The Morgan fingerprint density at radius 2 is 2.10 bits per heavy atom. The summed E-state index contributed by atoms with van der Waals surface area (Å²) in [6, 6.07) is 10.5. The van der Waals surface area contributed by atoms with Crippen molar-refractivity contribution in [2.75, 3.05) is 11.1 Å². The Hall–Kier alpha value is -3.07. The van der Waals surface area contributed by atoms with Crippen LogP contribution in [0.15, 0.2) is 36.5 Å². The number of nitrogens with two attached hydrogens (primary N) is 1. The molecule has 0 aliphatic heterocycles. The lowest BCUT2D eigenvalue weighted by Crippen LogP contribution is -2.07. The molecule has 0 unspecified atom stereocenters. The molecule has 0 bridgehead atoms. The van der Waals surface area contributed by atoms with Gasteiger partial charge in [-0.05, 0) is 23.8 Å². The van der Waals surface area contributed by atoms with Crippen molar-refractivity contribution in [2.24, 2.45) is 0 Å². The number of nitrogens with zero attached hydrogens (tertiary/aromatic N) is 2. The lowest BCUT2D eigenvalue weighted by atomic mass is 10.1. The third kappa shape index (κ3) is 3.03. The molecule has 20 heavy (non-hydrogen) atoms. The summed E-state index contributed by atoms with van der Waals surface area (Å²) in [4.78, 5) is 15.0. The molecule has 0 aliphatic rings. The second-order valence-corrected chi connectivity index (χ2v) is 4.12. The number of carbonyl (C=O) groups is 1. The quantitative estimate of drug-likeness (QED) is 0.780. The van der Waals surface area contributed by atoms with Gasteiger partial charge < -0.3 is 16.2 Å².